The Morgan fingerprint density at radius 1 is 1.10 bits per heavy atom. The second-order valence-corrected chi connectivity index (χ2v) is 5.33. The highest BCUT2D eigenvalue weighted by molar-refractivity contribution is 5.45. The van der Waals surface area contributed by atoms with Gasteiger partial charge in [-0.1, -0.05) is 12.1 Å². The molecule has 2 aromatic rings. The van der Waals surface area contributed by atoms with Crippen LogP contribution in [0.2, 0.25) is 0 Å². The summed E-state index contributed by atoms with van der Waals surface area (Å²) in [5.74, 6) is 0.604. The summed E-state index contributed by atoms with van der Waals surface area (Å²) in [6.07, 6.45) is -0.724. The third kappa shape index (κ3) is 2.31. The number of hydrogen-bond acceptors (Lipinski definition) is 3. The number of nitrogens with zero attached hydrogens (tertiary/aromatic N) is 2. The van der Waals surface area contributed by atoms with Crippen molar-refractivity contribution in [2.45, 2.75) is 33.8 Å². The molecule has 0 amide bonds. The largest absolute Gasteiger partial charge is 0.481 e. The lowest BCUT2D eigenvalue weighted by molar-refractivity contribution is 0.212. The number of methoxy groups -OCH3 is 1. The highest BCUT2D eigenvalue weighted by atomic mass is 16.5. The molecular formula is C16H22N2O2. The Hall–Kier alpha value is -1.81. The second-order valence-electron chi connectivity index (χ2n) is 5.33. The molecule has 1 heterocycles. The predicted molar refractivity (Wildman–Crippen MR) is 79.2 cm³/mol. The number of hydrogen-bond donors (Lipinski definition) is 1. The zero-order valence-electron chi connectivity index (χ0n) is 13.0. The first-order valence-electron chi connectivity index (χ1n) is 6.70. The lowest BCUT2D eigenvalue weighted by atomic mass is 9.93. The molecule has 0 aliphatic rings. The molecular weight excluding hydrogens is 252 g/mol. The van der Waals surface area contributed by atoms with Gasteiger partial charge in [-0.2, -0.15) is 5.10 Å². The van der Waals surface area contributed by atoms with Gasteiger partial charge in [0, 0.05) is 7.05 Å². The van der Waals surface area contributed by atoms with E-state index in [0.29, 0.717) is 5.88 Å². The molecule has 0 spiro atoms. The van der Waals surface area contributed by atoms with E-state index in [-0.39, 0.29) is 0 Å². The summed E-state index contributed by atoms with van der Waals surface area (Å²) < 4.78 is 7.03. The van der Waals surface area contributed by atoms with Crippen molar-refractivity contribution in [1.29, 1.82) is 0 Å². The Labute approximate surface area is 120 Å². The quantitative estimate of drug-likeness (QED) is 0.936. The van der Waals surface area contributed by atoms with Crippen molar-refractivity contribution in [2.75, 3.05) is 7.11 Å². The summed E-state index contributed by atoms with van der Waals surface area (Å²) in [5.41, 5.74) is 5.91. The van der Waals surface area contributed by atoms with Crippen LogP contribution >= 0.6 is 0 Å². The fraction of sp³-hybridized carbons (Fsp3) is 0.438. The first kappa shape index (κ1) is 14.6. The minimum absolute atomic E-state index is 0.604. The normalized spacial score (nSPS) is 12.6. The van der Waals surface area contributed by atoms with E-state index in [0.717, 1.165) is 22.4 Å². The maximum atomic E-state index is 10.8. The van der Waals surface area contributed by atoms with Crippen LogP contribution in [0.1, 0.15) is 39.6 Å². The predicted octanol–water partition coefficient (Wildman–Crippen LogP) is 2.74. The zero-order valence-corrected chi connectivity index (χ0v) is 13.0. The molecule has 20 heavy (non-hydrogen) atoms. The van der Waals surface area contributed by atoms with Crippen molar-refractivity contribution >= 4 is 0 Å². The van der Waals surface area contributed by atoms with E-state index in [1.165, 1.54) is 11.1 Å². The van der Waals surface area contributed by atoms with E-state index in [9.17, 15) is 5.11 Å². The maximum Gasteiger partial charge on any atom is 0.217 e. The topological polar surface area (TPSA) is 47.3 Å². The van der Waals surface area contributed by atoms with Gasteiger partial charge >= 0.3 is 0 Å². The van der Waals surface area contributed by atoms with Crippen LogP contribution in [0.15, 0.2) is 12.1 Å². The molecule has 1 N–H and O–H groups in total. The smallest absolute Gasteiger partial charge is 0.217 e. The van der Waals surface area contributed by atoms with Gasteiger partial charge < -0.3 is 9.84 Å². The van der Waals surface area contributed by atoms with E-state index in [1.54, 1.807) is 11.8 Å². The van der Waals surface area contributed by atoms with Gasteiger partial charge in [0.1, 0.15) is 6.10 Å². The van der Waals surface area contributed by atoms with Gasteiger partial charge in [-0.05, 0) is 49.9 Å². The third-order valence-electron chi connectivity index (χ3n) is 3.86. The molecule has 2 rings (SSSR count). The molecule has 1 aromatic carbocycles. The van der Waals surface area contributed by atoms with Crippen LogP contribution in [0.5, 0.6) is 5.88 Å². The number of aliphatic hydroxyl groups excluding tert-OH is 1. The molecule has 108 valence electrons. The SMILES string of the molecule is COc1c(C(O)c2cc(C)c(C)cc2C)c(C)nn1C. The monoisotopic (exact) mass is 274 g/mol. The number of ether oxygens (including phenoxy) is 1. The Morgan fingerprint density at radius 2 is 1.70 bits per heavy atom. The highest BCUT2D eigenvalue weighted by Crippen LogP contribution is 2.34. The van der Waals surface area contributed by atoms with Crippen LogP contribution in [0, 0.1) is 27.7 Å². The summed E-state index contributed by atoms with van der Waals surface area (Å²) in [5, 5.41) is 15.1. The molecule has 0 aliphatic heterocycles. The highest BCUT2D eigenvalue weighted by Gasteiger charge is 2.24. The zero-order chi connectivity index (χ0) is 15.0. The molecule has 1 aromatic heterocycles. The van der Waals surface area contributed by atoms with Crippen LogP contribution in [-0.4, -0.2) is 22.0 Å². The fourth-order valence-electron chi connectivity index (χ4n) is 2.64. The lowest BCUT2D eigenvalue weighted by Gasteiger charge is -2.17. The average molecular weight is 274 g/mol. The molecule has 0 radical (unpaired) electrons. The van der Waals surface area contributed by atoms with E-state index in [1.807, 2.05) is 27.0 Å². The molecule has 0 aliphatic carbocycles. The van der Waals surface area contributed by atoms with E-state index in [4.69, 9.17) is 4.74 Å². The van der Waals surface area contributed by atoms with Gasteiger partial charge in [-0.3, -0.25) is 0 Å². The van der Waals surface area contributed by atoms with Crippen molar-refractivity contribution in [3.05, 3.63) is 45.6 Å². The Balaban J connectivity index is 2.57. The van der Waals surface area contributed by atoms with Crippen molar-refractivity contribution in [1.82, 2.24) is 9.78 Å². The van der Waals surface area contributed by atoms with Gasteiger partial charge in [-0.15, -0.1) is 0 Å². The van der Waals surface area contributed by atoms with Crippen LogP contribution < -0.4 is 4.74 Å². The molecule has 1 unspecified atom stereocenters. The van der Waals surface area contributed by atoms with Crippen LogP contribution in [-0.2, 0) is 7.05 Å². The van der Waals surface area contributed by atoms with E-state index >= 15 is 0 Å². The summed E-state index contributed by atoms with van der Waals surface area (Å²) in [6, 6.07) is 4.15. The van der Waals surface area contributed by atoms with Crippen molar-refractivity contribution < 1.29 is 9.84 Å². The van der Waals surface area contributed by atoms with E-state index in [2.05, 4.69) is 25.0 Å². The molecule has 0 saturated heterocycles. The first-order chi connectivity index (χ1) is 9.36. The van der Waals surface area contributed by atoms with Gasteiger partial charge in [-0.25, -0.2) is 4.68 Å². The summed E-state index contributed by atoms with van der Waals surface area (Å²) >= 11 is 0. The van der Waals surface area contributed by atoms with E-state index < -0.39 is 6.10 Å². The van der Waals surface area contributed by atoms with Crippen LogP contribution in [0.4, 0.5) is 0 Å². The second kappa shape index (κ2) is 5.29. The lowest BCUT2D eigenvalue weighted by Crippen LogP contribution is -2.06. The minimum atomic E-state index is -0.724. The Kier molecular flexibility index (Phi) is 3.86. The average Bonchev–Trinajstić information content (AvgIpc) is 2.67. The Bertz CT molecular complexity index is 644. The van der Waals surface area contributed by atoms with Gasteiger partial charge in [0.15, 0.2) is 0 Å². The number of aryl methyl sites for hydroxylation is 5. The summed E-state index contributed by atoms with van der Waals surface area (Å²) in [7, 11) is 3.41. The summed E-state index contributed by atoms with van der Waals surface area (Å²) in [6.45, 7) is 8.04. The third-order valence-corrected chi connectivity index (χ3v) is 3.86. The standard InChI is InChI=1S/C16H22N2O2/c1-9-7-11(3)13(8-10(9)2)15(19)14-12(4)17-18(5)16(14)20-6/h7-8,15,19H,1-6H3. The minimum Gasteiger partial charge on any atom is -0.481 e. The number of benzene rings is 1. The number of rotatable bonds is 3. The van der Waals surface area contributed by atoms with Crippen molar-refractivity contribution in [2.24, 2.45) is 7.05 Å². The summed E-state index contributed by atoms with van der Waals surface area (Å²) in [4.78, 5) is 0. The molecule has 1 atom stereocenters. The Morgan fingerprint density at radius 3 is 2.30 bits per heavy atom. The number of aliphatic hydroxyl groups is 1. The molecule has 0 fully saturated rings. The fourth-order valence-corrected chi connectivity index (χ4v) is 2.64. The molecule has 4 heteroatoms. The van der Waals surface area contributed by atoms with Gasteiger partial charge in [0.05, 0.1) is 18.4 Å². The molecule has 4 nitrogen and oxygen atoms in total. The molecule has 0 saturated carbocycles. The first-order valence-corrected chi connectivity index (χ1v) is 6.70. The van der Waals surface area contributed by atoms with Crippen molar-refractivity contribution in [3.63, 3.8) is 0 Å². The van der Waals surface area contributed by atoms with Crippen LogP contribution in [0.25, 0.3) is 0 Å². The number of aromatic nitrogens is 2. The van der Waals surface area contributed by atoms with Gasteiger partial charge in [0.25, 0.3) is 0 Å². The molecule has 0 bridgehead atoms. The van der Waals surface area contributed by atoms with Crippen LogP contribution in [0.3, 0.4) is 0 Å². The van der Waals surface area contributed by atoms with Gasteiger partial charge in [0.2, 0.25) is 5.88 Å². The maximum absolute atomic E-state index is 10.8. The van der Waals surface area contributed by atoms with Crippen molar-refractivity contribution in [3.8, 4) is 5.88 Å².